The van der Waals surface area contributed by atoms with Gasteiger partial charge in [0.1, 0.15) is 0 Å². The summed E-state index contributed by atoms with van der Waals surface area (Å²) in [5.41, 5.74) is 0. The molecule has 0 amide bonds. The van der Waals surface area contributed by atoms with Gasteiger partial charge in [-0.05, 0) is 32.5 Å². The van der Waals surface area contributed by atoms with E-state index in [0.717, 1.165) is 12.6 Å². The Balaban J connectivity index is 1.99. The maximum absolute atomic E-state index is 4.30. The lowest BCUT2D eigenvalue weighted by atomic mass is 9.96. The minimum atomic E-state index is 0.669. The molecule has 2 aliphatic rings. The second kappa shape index (κ2) is 3.40. The molecule has 0 radical (unpaired) electrons. The van der Waals surface area contributed by atoms with Crippen molar-refractivity contribution < 1.29 is 0 Å². The minimum absolute atomic E-state index is 0.669. The molecule has 0 aromatic rings. The van der Waals surface area contributed by atoms with Crippen LogP contribution in [0.15, 0.2) is 17.1 Å². The van der Waals surface area contributed by atoms with Crippen molar-refractivity contribution in [2.75, 3.05) is 20.1 Å². The van der Waals surface area contributed by atoms with Crippen LogP contribution in [-0.4, -0.2) is 37.3 Å². The number of aliphatic imine (C=N–C) groups is 1. The molecule has 12 heavy (non-hydrogen) atoms. The summed E-state index contributed by atoms with van der Waals surface area (Å²) in [4.78, 5) is 6.77. The number of dihydropyridines is 1. The van der Waals surface area contributed by atoms with Crippen molar-refractivity contribution in [3.05, 3.63) is 12.2 Å². The molecule has 2 atom stereocenters. The van der Waals surface area contributed by atoms with E-state index >= 15 is 0 Å². The van der Waals surface area contributed by atoms with Crippen LogP contribution in [0.3, 0.4) is 0 Å². The number of likely N-dealkylation sites (tertiary alicyclic amines) is 1. The normalized spacial score (nSPS) is 36.1. The largest absolute Gasteiger partial charge is 0.303 e. The lowest BCUT2D eigenvalue weighted by molar-refractivity contribution is 0.259. The van der Waals surface area contributed by atoms with Gasteiger partial charge in [-0.2, -0.15) is 0 Å². The molecular weight excluding hydrogens is 148 g/mol. The molecule has 1 fully saturated rings. The third-order valence-electron chi connectivity index (χ3n) is 2.94. The first-order chi connectivity index (χ1) is 5.88. The van der Waals surface area contributed by atoms with Crippen molar-refractivity contribution in [2.45, 2.75) is 18.9 Å². The van der Waals surface area contributed by atoms with Crippen LogP contribution < -0.4 is 0 Å². The number of hydrogen-bond donors (Lipinski definition) is 0. The standard InChI is InChI=1S/C10H16N2/c1-12-7-3-5-10(12)9-4-2-6-11-8-9/h2,4,6,9-10H,3,5,7-8H2,1H3/t9?,10-/m0/s1. The first kappa shape index (κ1) is 7.99. The molecule has 2 nitrogen and oxygen atoms in total. The van der Waals surface area contributed by atoms with Crippen molar-refractivity contribution in [1.29, 1.82) is 0 Å². The first-order valence-corrected chi connectivity index (χ1v) is 4.75. The molecule has 1 saturated heterocycles. The molecule has 1 unspecified atom stereocenters. The van der Waals surface area contributed by atoms with Crippen molar-refractivity contribution in [2.24, 2.45) is 10.9 Å². The van der Waals surface area contributed by atoms with Crippen LogP contribution in [0, 0.1) is 5.92 Å². The molecule has 0 saturated carbocycles. The summed E-state index contributed by atoms with van der Waals surface area (Å²) in [5, 5.41) is 0. The Bertz CT molecular complexity index is 208. The van der Waals surface area contributed by atoms with E-state index in [4.69, 9.17) is 0 Å². The average Bonchev–Trinajstić information content (AvgIpc) is 2.53. The fourth-order valence-corrected chi connectivity index (χ4v) is 2.22. The Labute approximate surface area is 74.0 Å². The van der Waals surface area contributed by atoms with Crippen LogP contribution in [0.2, 0.25) is 0 Å². The van der Waals surface area contributed by atoms with Gasteiger partial charge in [-0.15, -0.1) is 0 Å². The average molecular weight is 164 g/mol. The van der Waals surface area contributed by atoms with Gasteiger partial charge in [-0.1, -0.05) is 6.08 Å². The van der Waals surface area contributed by atoms with E-state index in [0.29, 0.717) is 5.92 Å². The summed E-state index contributed by atoms with van der Waals surface area (Å²) in [5.74, 6) is 0.669. The van der Waals surface area contributed by atoms with E-state index in [1.54, 1.807) is 0 Å². The van der Waals surface area contributed by atoms with Gasteiger partial charge in [0.2, 0.25) is 0 Å². The Kier molecular flexibility index (Phi) is 2.26. The molecular formula is C10H16N2. The maximum atomic E-state index is 4.30. The monoisotopic (exact) mass is 164 g/mol. The van der Waals surface area contributed by atoms with Crippen molar-refractivity contribution in [1.82, 2.24) is 4.90 Å². The number of hydrogen-bond acceptors (Lipinski definition) is 2. The zero-order valence-electron chi connectivity index (χ0n) is 7.61. The van der Waals surface area contributed by atoms with Gasteiger partial charge in [-0.3, -0.25) is 4.99 Å². The number of rotatable bonds is 1. The van der Waals surface area contributed by atoms with E-state index in [1.807, 2.05) is 6.21 Å². The predicted octanol–water partition coefficient (Wildman–Crippen LogP) is 1.34. The number of nitrogens with zero attached hydrogens (tertiary/aromatic N) is 2. The predicted molar refractivity (Wildman–Crippen MR) is 51.6 cm³/mol. The van der Waals surface area contributed by atoms with E-state index in [-0.39, 0.29) is 0 Å². The van der Waals surface area contributed by atoms with Crippen LogP contribution in [0.1, 0.15) is 12.8 Å². The Morgan fingerprint density at radius 1 is 1.50 bits per heavy atom. The van der Waals surface area contributed by atoms with E-state index in [9.17, 15) is 0 Å². The molecule has 0 spiro atoms. The fourth-order valence-electron chi connectivity index (χ4n) is 2.22. The third-order valence-corrected chi connectivity index (χ3v) is 2.94. The topological polar surface area (TPSA) is 15.6 Å². The highest BCUT2D eigenvalue weighted by molar-refractivity contribution is 5.72. The molecule has 2 rings (SSSR count). The summed E-state index contributed by atoms with van der Waals surface area (Å²) in [7, 11) is 2.23. The van der Waals surface area contributed by atoms with Gasteiger partial charge in [0.15, 0.2) is 0 Å². The smallest absolute Gasteiger partial charge is 0.0467 e. The van der Waals surface area contributed by atoms with Gasteiger partial charge in [-0.25, -0.2) is 0 Å². The zero-order valence-corrected chi connectivity index (χ0v) is 7.61. The van der Waals surface area contributed by atoms with Crippen LogP contribution in [0.4, 0.5) is 0 Å². The lowest BCUT2D eigenvalue weighted by Gasteiger charge is -2.26. The van der Waals surface area contributed by atoms with Crippen molar-refractivity contribution >= 4 is 6.21 Å². The minimum Gasteiger partial charge on any atom is -0.303 e. The summed E-state index contributed by atoms with van der Waals surface area (Å²) in [6, 6.07) is 0.749. The van der Waals surface area contributed by atoms with E-state index in [1.165, 1.54) is 19.4 Å². The Morgan fingerprint density at radius 3 is 3.00 bits per heavy atom. The van der Waals surface area contributed by atoms with E-state index < -0.39 is 0 Å². The van der Waals surface area contributed by atoms with Crippen molar-refractivity contribution in [3.63, 3.8) is 0 Å². The molecule has 0 aromatic carbocycles. The molecule has 0 aliphatic carbocycles. The van der Waals surface area contributed by atoms with Crippen LogP contribution in [-0.2, 0) is 0 Å². The fraction of sp³-hybridized carbons (Fsp3) is 0.700. The lowest BCUT2D eigenvalue weighted by Crippen LogP contribution is -2.33. The van der Waals surface area contributed by atoms with E-state index in [2.05, 4.69) is 29.1 Å². The Morgan fingerprint density at radius 2 is 2.42 bits per heavy atom. The second-order valence-electron chi connectivity index (χ2n) is 3.75. The van der Waals surface area contributed by atoms with Gasteiger partial charge in [0.25, 0.3) is 0 Å². The zero-order chi connectivity index (χ0) is 8.39. The Hall–Kier alpha value is -0.630. The van der Waals surface area contributed by atoms with Crippen LogP contribution in [0.5, 0.6) is 0 Å². The summed E-state index contributed by atoms with van der Waals surface area (Å²) >= 11 is 0. The summed E-state index contributed by atoms with van der Waals surface area (Å²) in [6.07, 6.45) is 9.00. The maximum Gasteiger partial charge on any atom is 0.0467 e. The van der Waals surface area contributed by atoms with Crippen LogP contribution >= 0.6 is 0 Å². The van der Waals surface area contributed by atoms with Crippen LogP contribution in [0.25, 0.3) is 0 Å². The summed E-state index contributed by atoms with van der Waals surface area (Å²) < 4.78 is 0. The first-order valence-electron chi connectivity index (χ1n) is 4.75. The SMILES string of the molecule is CN1CCC[C@H]1C1C=CC=NC1. The highest BCUT2D eigenvalue weighted by Gasteiger charge is 2.27. The molecule has 2 heterocycles. The van der Waals surface area contributed by atoms with Gasteiger partial charge in [0, 0.05) is 24.7 Å². The second-order valence-corrected chi connectivity index (χ2v) is 3.75. The van der Waals surface area contributed by atoms with Gasteiger partial charge < -0.3 is 4.90 Å². The molecule has 0 aromatic heterocycles. The van der Waals surface area contributed by atoms with Crippen molar-refractivity contribution in [3.8, 4) is 0 Å². The number of allylic oxidation sites excluding steroid dienone is 1. The quantitative estimate of drug-likeness (QED) is 0.571. The molecule has 0 bridgehead atoms. The summed E-state index contributed by atoms with van der Waals surface area (Å²) in [6.45, 7) is 2.25. The third kappa shape index (κ3) is 1.44. The molecule has 2 aliphatic heterocycles. The molecule has 0 N–H and O–H groups in total. The molecule has 66 valence electrons. The molecule has 2 heteroatoms. The highest BCUT2D eigenvalue weighted by Crippen LogP contribution is 2.24. The highest BCUT2D eigenvalue weighted by atomic mass is 15.2. The van der Waals surface area contributed by atoms with Gasteiger partial charge >= 0.3 is 0 Å². The van der Waals surface area contributed by atoms with Gasteiger partial charge in [0.05, 0.1) is 0 Å².